The van der Waals surface area contributed by atoms with Gasteiger partial charge in [0.1, 0.15) is 6.61 Å². The molecule has 0 spiro atoms. The Morgan fingerprint density at radius 3 is 2.30 bits per heavy atom. The Hall–Kier alpha value is -4.21. The van der Waals surface area contributed by atoms with Gasteiger partial charge in [0.05, 0.1) is 5.69 Å². The first kappa shape index (κ1) is 22.0. The number of amides is 1. The summed E-state index contributed by atoms with van der Waals surface area (Å²) in [5.74, 6) is -1.58. The van der Waals surface area contributed by atoms with Crippen molar-refractivity contribution >= 4 is 6.09 Å². The lowest BCUT2D eigenvalue weighted by Gasteiger charge is -2.08. The summed E-state index contributed by atoms with van der Waals surface area (Å²) in [6.45, 7) is 0.233. The number of hydrogen-bond acceptors (Lipinski definition) is 6. The average Bonchev–Trinajstić information content (AvgIpc) is 3.34. The number of alkyl halides is 3. The molecule has 0 radical (unpaired) electrons. The molecule has 0 unspecified atom stereocenters. The predicted molar refractivity (Wildman–Crippen MR) is 111 cm³/mol. The zero-order chi connectivity index (χ0) is 23.3. The maximum atomic E-state index is 12.6. The molecule has 0 bridgehead atoms. The van der Waals surface area contributed by atoms with Crippen LogP contribution in [0, 0.1) is 0 Å². The standard InChI is InChI=1S/C23H17F3N4O3/c24-23(25,26)21-29-20(30-33-21)18-9-6-15(7-10-18)12-28-22(31)32-14-16-8-11-19(27-13-16)17-4-2-1-3-5-17/h1-11,13H,12,14H2,(H,28,31). The fourth-order valence-corrected chi connectivity index (χ4v) is 2.89. The third-order valence-corrected chi connectivity index (χ3v) is 4.58. The molecule has 10 heteroatoms. The molecule has 0 saturated carbocycles. The van der Waals surface area contributed by atoms with Gasteiger partial charge in [-0.1, -0.05) is 65.8 Å². The number of carbonyl (C=O) groups excluding carboxylic acids is 1. The summed E-state index contributed by atoms with van der Waals surface area (Å²) in [6, 6.07) is 19.7. The van der Waals surface area contributed by atoms with E-state index in [1.807, 2.05) is 42.5 Å². The molecule has 1 amide bonds. The predicted octanol–water partition coefficient (Wildman–Crippen LogP) is 5.24. The number of nitrogens with one attached hydrogen (secondary N) is 1. The summed E-state index contributed by atoms with van der Waals surface area (Å²) >= 11 is 0. The van der Waals surface area contributed by atoms with Crippen LogP contribution in [0.25, 0.3) is 22.6 Å². The van der Waals surface area contributed by atoms with E-state index in [9.17, 15) is 18.0 Å². The number of alkyl carbamates (subject to hydrolysis) is 1. The van der Waals surface area contributed by atoms with Gasteiger partial charge < -0.3 is 14.6 Å². The van der Waals surface area contributed by atoms with E-state index in [0.29, 0.717) is 11.1 Å². The summed E-state index contributed by atoms with van der Waals surface area (Å²) < 4.78 is 47.1. The summed E-state index contributed by atoms with van der Waals surface area (Å²) in [5.41, 5.74) is 3.63. The first-order valence-electron chi connectivity index (χ1n) is 9.80. The lowest BCUT2D eigenvalue weighted by molar-refractivity contribution is -0.159. The van der Waals surface area contributed by atoms with Crippen molar-refractivity contribution in [3.05, 3.63) is 89.9 Å². The molecule has 0 saturated heterocycles. The van der Waals surface area contributed by atoms with Gasteiger partial charge in [0.25, 0.3) is 0 Å². The number of benzene rings is 2. The van der Waals surface area contributed by atoms with E-state index in [1.165, 1.54) is 12.1 Å². The molecule has 4 rings (SSSR count). The smallest absolute Gasteiger partial charge is 0.445 e. The Morgan fingerprint density at radius 2 is 1.67 bits per heavy atom. The highest BCUT2D eigenvalue weighted by Gasteiger charge is 2.38. The minimum atomic E-state index is -4.70. The molecule has 2 aromatic carbocycles. The van der Waals surface area contributed by atoms with Crippen molar-refractivity contribution in [1.82, 2.24) is 20.4 Å². The number of pyridine rings is 1. The highest BCUT2D eigenvalue weighted by Crippen LogP contribution is 2.29. The second kappa shape index (κ2) is 9.51. The summed E-state index contributed by atoms with van der Waals surface area (Å²) in [6.07, 6.45) is -3.66. The van der Waals surface area contributed by atoms with Crippen molar-refractivity contribution < 1.29 is 27.2 Å². The second-order valence-corrected chi connectivity index (χ2v) is 6.97. The third-order valence-electron chi connectivity index (χ3n) is 4.58. The van der Waals surface area contributed by atoms with Crippen LogP contribution in [0.15, 0.2) is 77.4 Å². The maximum Gasteiger partial charge on any atom is 0.471 e. The number of hydrogen-bond donors (Lipinski definition) is 1. The molecule has 2 aromatic heterocycles. The van der Waals surface area contributed by atoms with E-state index >= 15 is 0 Å². The number of nitrogens with zero attached hydrogens (tertiary/aromatic N) is 3. The van der Waals surface area contributed by atoms with E-state index < -0.39 is 18.2 Å². The van der Waals surface area contributed by atoms with E-state index in [4.69, 9.17) is 4.74 Å². The second-order valence-electron chi connectivity index (χ2n) is 6.97. The molecule has 4 aromatic rings. The van der Waals surface area contributed by atoms with E-state index in [2.05, 4.69) is 25.0 Å². The van der Waals surface area contributed by atoms with Gasteiger partial charge >= 0.3 is 18.2 Å². The van der Waals surface area contributed by atoms with Crippen LogP contribution in [-0.4, -0.2) is 21.2 Å². The van der Waals surface area contributed by atoms with Gasteiger partial charge in [-0.2, -0.15) is 18.2 Å². The molecular formula is C23H17F3N4O3. The quantitative estimate of drug-likeness (QED) is 0.428. The van der Waals surface area contributed by atoms with Gasteiger partial charge in [0, 0.05) is 29.4 Å². The van der Waals surface area contributed by atoms with Crippen molar-refractivity contribution in [1.29, 1.82) is 0 Å². The number of aromatic nitrogens is 3. The van der Waals surface area contributed by atoms with Crippen molar-refractivity contribution in [3.8, 4) is 22.6 Å². The highest BCUT2D eigenvalue weighted by atomic mass is 19.4. The topological polar surface area (TPSA) is 90.1 Å². The molecule has 2 heterocycles. The molecule has 0 aliphatic carbocycles. The number of rotatable bonds is 6. The van der Waals surface area contributed by atoms with E-state index in [0.717, 1.165) is 16.8 Å². The lowest BCUT2D eigenvalue weighted by atomic mass is 10.1. The maximum absolute atomic E-state index is 12.6. The van der Waals surface area contributed by atoms with Crippen LogP contribution < -0.4 is 5.32 Å². The van der Waals surface area contributed by atoms with E-state index in [1.54, 1.807) is 18.3 Å². The highest BCUT2D eigenvalue weighted by molar-refractivity contribution is 5.67. The van der Waals surface area contributed by atoms with Crippen LogP contribution in [-0.2, 0) is 24.1 Å². The minimum absolute atomic E-state index is 0.0617. The fourth-order valence-electron chi connectivity index (χ4n) is 2.89. The molecular weight excluding hydrogens is 437 g/mol. The Kier molecular flexibility index (Phi) is 6.34. The van der Waals surface area contributed by atoms with Crippen LogP contribution in [0.2, 0.25) is 0 Å². The molecule has 7 nitrogen and oxygen atoms in total. The number of ether oxygens (including phenoxy) is 1. The Labute approximate surface area is 186 Å². The summed E-state index contributed by atoms with van der Waals surface area (Å²) in [5, 5.41) is 5.94. The lowest BCUT2D eigenvalue weighted by Crippen LogP contribution is -2.23. The van der Waals surface area contributed by atoms with Crippen molar-refractivity contribution in [2.24, 2.45) is 0 Å². The van der Waals surface area contributed by atoms with Gasteiger partial charge in [-0.05, 0) is 11.6 Å². The Balaban J connectivity index is 1.25. The Morgan fingerprint density at radius 1 is 0.939 bits per heavy atom. The summed E-state index contributed by atoms with van der Waals surface area (Å²) in [7, 11) is 0. The number of carbonyl (C=O) groups is 1. The van der Waals surface area contributed by atoms with Crippen LogP contribution in [0.5, 0.6) is 0 Å². The molecule has 1 N–H and O–H groups in total. The molecule has 0 fully saturated rings. The van der Waals surface area contributed by atoms with Crippen LogP contribution in [0.1, 0.15) is 17.0 Å². The van der Waals surface area contributed by atoms with Crippen molar-refractivity contribution in [2.45, 2.75) is 19.3 Å². The van der Waals surface area contributed by atoms with Crippen molar-refractivity contribution in [3.63, 3.8) is 0 Å². The van der Waals surface area contributed by atoms with Gasteiger partial charge in [-0.3, -0.25) is 4.98 Å². The van der Waals surface area contributed by atoms with Gasteiger partial charge in [0.15, 0.2) is 0 Å². The third kappa shape index (κ3) is 5.73. The molecule has 0 aliphatic heterocycles. The average molecular weight is 454 g/mol. The normalized spacial score (nSPS) is 11.2. The van der Waals surface area contributed by atoms with Gasteiger partial charge in [-0.15, -0.1) is 0 Å². The van der Waals surface area contributed by atoms with Gasteiger partial charge in [-0.25, -0.2) is 4.79 Å². The molecule has 33 heavy (non-hydrogen) atoms. The van der Waals surface area contributed by atoms with Crippen LogP contribution in [0.3, 0.4) is 0 Å². The van der Waals surface area contributed by atoms with Crippen molar-refractivity contribution in [2.75, 3.05) is 0 Å². The zero-order valence-electron chi connectivity index (χ0n) is 17.0. The largest absolute Gasteiger partial charge is 0.471 e. The number of halogens is 3. The Bertz CT molecular complexity index is 1210. The molecule has 0 aliphatic rings. The molecule has 0 atom stereocenters. The SMILES string of the molecule is O=C(NCc1ccc(-c2noc(C(F)(F)F)n2)cc1)OCc1ccc(-c2ccccc2)nc1. The first-order valence-corrected chi connectivity index (χ1v) is 9.80. The fraction of sp³-hybridized carbons (Fsp3) is 0.130. The van der Waals surface area contributed by atoms with Gasteiger partial charge in [0.2, 0.25) is 5.82 Å². The van der Waals surface area contributed by atoms with Crippen LogP contribution >= 0.6 is 0 Å². The van der Waals surface area contributed by atoms with Crippen LogP contribution in [0.4, 0.5) is 18.0 Å². The summed E-state index contributed by atoms with van der Waals surface area (Å²) in [4.78, 5) is 19.7. The monoisotopic (exact) mass is 454 g/mol. The minimum Gasteiger partial charge on any atom is -0.445 e. The first-order chi connectivity index (χ1) is 15.9. The van der Waals surface area contributed by atoms with E-state index in [-0.39, 0.29) is 19.0 Å². The zero-order valence-corrected chi connectivity index (χ0v) is 17.0. The molecule has 168 valence electrons.